The van der Waals surface area contributed by atoms with E-state index in [4.69, 9.17) is 33.5 Å². The van der Waals surface area contributed by atoms with E-state index in [1.807, 2.05) is 13.8 Å². The lowest BCUT2D eigenvalue weighted by Gasteiger charge is -2.37. The van der Waals surface area contributed by atoms with E-state index < -0.39 is 48.8 Å². The maximum atomic E-state index is 10.6. The SMILES string of the molecule is CC1(C)O[C@H]2OC(COCC(=O)O)[C@@H]3OC(C)(C)O[C@@H]3[C@H]2O1. The van der Waals surface area contributed by atoms with E-state index in [2.05, 4.69) is 0 Å². The van der Waals surface area contributed by atoms with E-state index in [-0.39, 0.29) is 12.7 Å². The molecule has 126 valence electrons. The van der Waals surface area contributed by atoms with Crippen LogP contribution in [0.2, 0.25) is 0 Å². The fourth-order valence-corrected chi connectivity index (χ4v) is 3.09. The van der Waals surface area contributed by atoms with Crippen LogP contribution >= 0.6 is 0 Å². The van der Waals surface area contributed by atoms with Gasteiger partial charge in [0.25, 0.3) is 0 Å². The molecule has 8 heteroatoms. The van der Waals surface area contributed by atoms with Gasteiger partial charge in [0.2, 0.25) is 0 Å². The van der Waals surface area contributed by atoms with Crippen LogP contribution < -0.4 is 0 Å². The van der Waals surface area contributed by atoms with Crippen LogP contribution in [-0.4, -0.2) is 66.6 Å². The molecule has 0 aliphatic carbocycles. The van der Waals surface area contributed by atoms with Crippen LogP contribution in [0.1, 0.15) is 27.7 Å². The average Bonchev–Trinajstić information content (AvgIpc) is 2.83. The summed E-state index contributed by atoms with van der Waals surface area (Å²) in [7, 11) is 0. The van der Waals surface area contributed by atoms with Crippen molar-refractivity contribution in [1.82, 2.24) is 0 Å². The van der Waals surface area contributed by atoms with Gasteiger partial charge in [-0.1, -0.05) is 0 Å². The Morgan fingerprint density at radius 1 is 1.00 bits per heavy atom. The number of fused-ring (bicyclic) bond motifs is 3. The van der Waals surface area contributed by atoms with E-state index in [1.165, 1.54) is 0 Å². The molecule has 0 saturated carbocycles. The molecule has 1 unspecified atom stereocenters. The van der Waals surface area contributed by atoms with Crippen molar-refractivity contribution in [3.05, 3.63) is 0 Å². The van der Waals surface area contributed by atoms with Gasteiger partial charge < -0.3 is 33.5 Å². The first-order valence-corrected chi connectivity index (χ1v) is 7.33. The number of rotatable bonds is 4. The first-order valence-electron chi connectivity index (χ1n) is 7.33. The van der Waals surface area contributed by atoms with Crippen LogP contribution in [0.15, 0.2) is 0 Å². The number of ether oxygens (including phenoxy) is 6. The summed E-state index contributed by atoms with van der Waals surface area (Å²) >= 11 is 0. The third-order valence-corrected chi connectivity index (χ3v) is 3.76. The smallest absolute Gasteiger partial charge is 0.329 e. The molecule has 0 aromatic carbocycles. The molecular weight excluding hydrogens is 296 g/mol. The number of hydrogen-bond donors (Lipinski definition) is 1. The quantitative estimate of drug-likeness (QED) is 0.800. The molecule has 3 rings (SSSR count). The normalized spacial score (nSPS) is 41.9. The Balaban J connectivity index is 1.73. The fraction of sp³-hybridized carbons (Fsp3) is 0.929. The van der Waals surface area contributed by atoms with E-state index in [9.17, 15) is 4.79 Å². The summed E-state index contributed by atoms with van der Waals surface area (Å²) in [4.78, 5) is 10.6. The van der Waals surface area contributed by atoms with Crippen molar-refractivity contribution in [3.63, 3.8) is 0 Å². The molecule has 3 fully saturated rings. The van der Waals surface area contributed by atoms with E-state index >= 15 is 0 Å². The van der Waals surface area contributed by atoms with Crippen LogP contribution in [0.25, 0.3) is 0 Å². The zero-order chi connectivity index (χ0) is 16.1. The molecule has 5 atom stereocenters. The Hall–Kier alpha value is -0.770. The molecule has 3 aliphatic heterocycles. The average molecular weight is 318 g/mol. The van der Waals surface area contributed by atoms with Crippen molar-refractivity contribution in [2.75, 3.05) is 13.2 Å². The van der Waals surface area contributed by atoms with Crippen LogP contribution in [0.4, 0.5) is 0 Å². The third-order valence-electron chi connectivity index (χ3n) is 3.76. The number of hydrogen-bond acceptors (Lipinski definition) is 7. The Bertz CT molecular complexity index is 448. The maximum Gasteiger partial charge on any atom is 0.329 e. The minimum Gasteiger partial charge on any atom is -0.480 e. The molecule has 0 amide bonds. The predicted molar refractivity (Wildman–Crippen MR) is 71.0 cm³/mol. The highest BCUT2D eigenvalue weighted by Crippen LogP contribution is 2.44. The van der Waals surface area contributed by atoms with E-state index in [0.717, 1.165) is 0 Å². The third kappa shape index (κ3) is 3.12. The van der Waals surface area contributed by atoms with Crippen LogP contribution in [0.3, 0.4) is 0 Å². The second-order valence-corrected chi connectivity index (χ2v) is 6.62. The highest BCUT2D eigenvalue weighted by molar-refractivity contribution is 5.67. The minimum atomic E-state index is -1.03. The number of aliphatic carboxylic acids is 1. The van der Waals surface area contributed by atoms with Gasteiger partial charge >= 0.3 is 5.97 Å². The summed E-state index contributed by atoms with van der Waals surface area (Å²) in [6.45, 7) is 6.94. The number of carboxylic acids is 1. The van der Waals surface area contributed by atoms with Gasteiger partial charge in [0.1, 0.15) is 31.0 Å². The van der Waals surface area contributed by atoms with Gasteiger partial charge in [0, 0.05) is 0 Å². The molecule has 0 spiro atoms. The van der Waals surface area contributed by atoms with Crippen LogP contribution in [0, 0.1) is 0 Å². The van der Waals surface area contributed by atoms with Crippen molar-refractivity contribution >= 4 is 5.97 Å². The highest BCUT2D eigenvalue weighted by atomic mass is 16.9. The summed E-state index contributed by atoms with van der Waals surface area (Å²) in [6, 6.07) is 0. The molecule has 8 nitrogen and oxygen atoms in total. The standard InChI is InChI=1S/C14H22O8/c1-13(2)19-9-7(5-17-6-8(15)16)18-12-11(10(9)20-13)21-14(3,4)22-12/h7,9-12H,5-6H2,1-4H3,(H,15,16)/t7?,9-,10-,11+,12+/m0/s1. The van der Waals surface area contributed by atoms with Crippen molar-refractivity contribution in [3.8, 4) is 0 Å². The van der Waals surface area contributed by atoms with Crippen molar-refractivity contribution in [2.45, 2.75) is 70.0 Å². The molecule has 0 bridgehead atoms. The Morgan fingerprint density at radius 3 is 2.27 bits per heavy atom. The van der Waals surface area contributed by atoms with E-state index in [1.54, 1.807) is 13.8 Å². The van der Waals surface area contributed by atoms with Crippen molar-refractivity contribution in [2.24, 2.45) is 0 Å². The van der Waals surface area contributed by atoms with Gasteiger partial charge in [-0.3, -0.25) is 0 Å². The summed E-state index contributed by atoms with van der Waals surface area (Å²) in [5.74, 6) is -2.57. The molecule has 3 aliphatic rings. The molecule has 0 aromatic heterocycles. The topological polar surface area (TPSA) is 92.7 Å². The van der Waals surface area contributed by atoms with Gasteiger partial charge in [0.15, 0.2) is 17.9 Å². The molecule has 0 radical (unpaired) electrons. The molecule has 1 N–H and O–H groups in total. The molecule has 3 heterocycles. The molecule has 0 aromatic rings. The largest absolute Gasteiger partial charge is 0.480 e. The van der Waals surface area contributed by atoms with Gasteiger partial charge in [-0.2, -0.15) is 0 Å². The van der Waals surface area contributed by atoms with Crippen LogP contribution in [-0.2, 0) is 33.2 Å². The summed E-state index contributed by atoms with van der Waals surface area (Å²) in [5.41, 5.74) is 0. The minimum absolute atomic E-state index is 0.0832. The zero-order valence-corrected chi connectivity index (χ0v) is 13.1. The van der Waals surface area contributed by atoms with Crippen molar-refractivity contribution in [1.29, 1.82) is 0 Å². The highest BCUT2D eigenvalue weighted by Gasteiger charge is 2.60. The molecule has 22 heavy (non-hydrogen) atoms. The van der Waals surface area contributed by atoms with Gasteiger partial charge in [-0.05, 0) is 27.7 Å². The van der Waals surface area contributed by atoms with Gasteiger partial charge in [-0.15, -0.1) is 0 Å². The Kier molecular flexibility index (Phi) is 3.95. The lowest BCUT2D eigenvalue weighted by Crippen LogP contribution is -2.56. The fourth-order valence-electron chi connectivity index (χ4n) is 3.09. The number of carbonyl (C=O) groups is 1. The number of carboxylic acid groups (broad SMARTS) is 1. The van der Waals surface area contributed by atoms with Gasteiger partial charge in [-0.25, -0.2) is 4.79 Å². The molecule has 3 saturated heterocycles. The monoisotopic (exact) mass is 318 g/mol. The van der Waals surface area contributed by atoms with Crippen LogP contribution in [0.5, 0.6) is 0 Å². The van der Waals surface area contributed by atoms with Gasteiger partial charge in [0.05, 0.1) is 6.61 Å². The predicted octanol–water partition coefficient (Wildman–Crippen LogP) is 0.484. The zero-order valence-electron chi connectivity index (χ0n) is 13.1. The Morgan fingerprint density at radius 2 is 1.59 bits per heavy atom. The summed E-state index contributed by atoms with van der Waals surface area (Å²) in [6.07, 6.45) is -2.22. The Labute approximate surface area is 128 Å². The second-order valence-electron chi connectivity index (χ2n) is 6.62. The second kappa shape index (κ2) is 5.40. The van der Waals surface area contributed by atoms with Crippen molar-refractivity contribution < 1.29 is 38.3 Å². The summed E-state index contributed by atoms with van der Waals surface area (Å²) in [5, 5.41) is 8.67. The lowest BCUT2D eigenvalue weighted by atomic mass is 9.99. The maximum absolute atomic E-state index is 10.6. The van der Waals surface area contributed by atoms with E-state index in [0.29, 0.717) is 0 Å². The lowest BCUT2D eigenvalue weighted by molar-refractivity contribution is -0.243. The first-order chi connectivity index (χ1) is 10.2. The first kappa shape index (κ1) is 16.1. The molecular formula is C14H22O8. The summed E-state index contributed by atoms with van der Waals surface area (Å²) < 4.78 is 34.4.